The van der Waals surface area contributed by atoms with Gasteiger partial charge in [0.15, 0.2) is 11.5 Å². The highest BCUT2D eigenvalue weighted by atomic mass is 16.5. The number of anilines is 1. The van der Waals surface area contributed by atoms with Gasteiger partial charge in [0.25, 0.3) is 0 Å². The van der Waals surface area contributed by atoms with Crippen molar-refractivity contribution < 1.29 is 9.47 Å². The summed E-state index contributed by atoms with van der Waals surface area (Å²) in [6, 6.07) is 11.4. The Morgan fingerprint density at radius 2 is 1.86 bits per heavy atom. The van der Waals surface area contributed by atoms with Gasteiger partial charge in [-0.1, -0.05) is 26.0 Å². The standard InChI is InChI=1S/C17H22N2O2/c1-3-10-18-17-13-14(9-11-19-17)21-16-8-6-5-7-15(16)20-12-4-2/h5-9,11,13H,3-4,10,12H2,1-2H3,(H,18,19). The van der Waals surface area contributed by atoms with Gasteiger partial charge in [-0.25, -0.2) is 4.98 Å². The van der Waals surface area contributed by atoms with Crippen molar-refractivity contribution in [1.29, 1.82) is 0 Å². The lowest BCUT2D eigenvalue weighted by Crippen LogP contribution is -2.01. The molecule has 0 atom stereocenters. The first kappa shape index (κ1) is 15.2. The zero-order valence-electron chi connectivity index (χ0n) is 12.6. The number of ether oxygens (including phenoxy) is 2. The van der Waals surface area contributed by atoms with E-state index in [2.05, 4.69) is 24.1 Å². The van der Waals surface area contributed by atoms with E-state index in [0.717, 1.165) is 42.5 Å². The van der Waals surface area contributed by atoms with E-state index in [0.29, 0.717) is 6.61 Å². The van der Waals surface area contributed by atoms with E-state index >= 15 is 0 Å². The van der Waals surface area contributed by atoms with Gasteiger partial charge in [-0.3, -0.25) is 0 Å². The third kappa shape index (κ3) is 4.67. The zero-order valence-corrected chi connectivity index (χ0v) is 12.6. The molecule has 0 bridgehead atoms. The lowest BCUT2D eigenvalue weighted by Gasteiger charge is -2.12. The first-order valence-electron chi connectivity index (χ1n) is 7.43. The predicted octanol–water partition coefficient (Wildman–Crippen LogP) is 4.48. The van der Waals surface area contributed by atoms with Crippen molar-refractivity contribution in [2.45, 2.75) is 26.7 Å². The second kappa shape index (κ2) is 8.15. The molecule has 2 aromatic rings. The molecule has 0 spiro atoms. The van der Waals surface area contributed by atoms with E-state index < -0.39 is 0 Å². The van der Waals surface area contributed by atoms with Gasteiger partial charge in [-0.2, -0.15) is 0 Å². The van der Waals surface area contributed by atoms with Crippen molar-refractivity contribution in [2.75, 3.05) is 18.5 Å². The summed E-state index contributed by atoms with van der Waals surface area (Å²) < 4.78 is 11.6. The molecule has 1 aromatic carbocycles. The minimum absolute atomic E-state index is 0.681. The van der Waals surface area contributed by atoms with Crippen molar-refractivity contribution in [3.05, 3.63) is 42.6 Å². The molecule has 0 saturated carbocycles. The highest BCUT2D eigenvalue weighted by Gasteiger charge is 2.06. The summed E-state index contributed by atoms with van der Waals surface area (Å²) in [6.07, 6.45) is 3.76. The van der Waals surface area contributed by atoms with Crippen molar-refractivity contribution in [2.24, 2.45) is 0 Å². The maximum Gasteiger partial charge on any atom is 0.169 e. The Labute approximate surface area is 126 Å². The number of nitrogens with zero attached hydrogens (tertiary/aromatic N) is 1. The van der Waals surface area contributed by atoms with Crippen molar-refractivity contribution in [3.63, 3.8) is 0 Å². The Balaban J connectivity index is 2.10. The van der Waals surface area contributed by atoms with Gasteiger partial charge < -0.3 is 14.8 Å². The zero-order chi connectivity index (χ0) is 14.9. The molecule has 1 aromatic heterocycles. The van der Waals surface area contributed by atoms with Crippen LogP contribution < -0.4 is 14.8 Å². The fraction of sp³-hybridized carbons (Fsp3) is 0.353. The Morgan fingerprint density at radius 1 is 1.05 bits per heavy atom. The molecule has 1 heterocycles. The molecule has 4 nitrogen and oxygen atoms in total. The summed E-state index contributed by atoms with van der Waals surface area (Å²) >= 11 is 0. The molecule has 0 fully saturated rings. The summed E-state index contributed by atoms with van der Waals surface area (Å²) in [7, 11) is 0. The largest absolute Gasteiger partial charge is 0.490 e. The Hall–Kier alpha value is -2.23. The van der Waals surface area contributed by atoms with Crippen LogP contribution in [0.5, 0.6) is 17.2 Å². The molecule has 4 heteroatoms. The third-order valence-corrected chi connectivity index (χ3v) is 2.83. The van der Waals surface area contributed by atoms with E-state index in [4.69, 9.17) is 9.47 Å². The van der Waals surface area contributed by atoms with E-state index in [9.17, 15) is 0 Å². The van der Waals surface area contributed by atoms with Crippen LogP contribution in [0, 0.1) is 0 Å². The average molecular weight is 286 g/mol. The van der Waals surface area contributed by atoms with Crippen LogP contribution in [0.25, 0.3) is 0 Å². The molecule has 0 unspecified atom stereocenters. The molecule has 0 amide bonds. The molecule has 21 heavy (non-hydrogen) atoms. The maximum absolute atomic E-state index is 5.92. The van der Waals surface area contributed by atoms with Crippen LogP contribution in [-0.2, 0) is 0 Å². The minimum atomic E-state index is 0.681. The number of hydrogen-bond acceptors (Lipinski definition) is 4. The average Bonchev–Trinajstić information content (AvgIpc) is 2.52. The second-order valence-corrected chi connectivity index (χ2v) is 4.70. The number of aromatic nitrogens is 1. The highest BCUT2D eigenvalue weighted by Crippen LogP contribution is 2.31. The van der Waals surface area contributed by atoms with E-state index in [1.165, 1.54) is 0 Å². The monoisotopic (exact) mass is 286 g/mol. The molecule has 0 aliphatic carbocycles. The molecule has 2 rings (SSSR count). The fourth-order valence-electron chi connectivity index (χ4n) is 1.82. The molecular formula is C17H22N2O2. The number of pyridine rings is 1. The Morgan fingerprint density at radius 3 is 2.62 bits per heavy atom. The van der Waals surface area contributed by atoms with Gasteiger partial charge >= 0.3 is 0 Å². The van der Waals surface area contributed by atoms with E-state index in [1.54, 1.807) is 6.20 Å². The maximum atomic E-state index is 5.92. The number of para-hydroxylation sites is 2. The Kier molecular flexibility index (Phi) is 5.88. The fourth-order valence-corrected chi connectivity index (χ4v) is 1.82. The molecule has 1 N–H and O–H groups in total. The summed E-state index contributed by atoms with van der Waals surface area (Å²) in [4.78, 5) is 4.27. The smallest absolute Gasteiger partial charge is 0.169 e. The summed E-state index contributed by atoms with van der Waals surface area (Å²) in [6.45, 7) is 5.78. The normalized spacial score (nSPS) is 10.2. The van der Waals surface area contributed by atoms with Crippen LogP contribution in [0.3, 0.4) is 0 Å². The highest BCUT2D eigenvalue weighted by molar-refractivity contribution is 5.46. The summed E-state index contributed by atoms with van der Waals surface area (Å²) in [5.41, 5.74) is 0. The number of rotatable bonds is 8. The SMILES string of the molecule is CCCNc1cc(Oc2ccccc2OCCC)ccn1. The van der Waals surface area contributed by atoms with Crippen LogP contribution >= 0.6 is 0 Å². The summed E-state index contributed by atoms with van der Waals surface area (Å²) in [5.74, 6) is 3.05. The van der Waals surface area contributed by atoms with Crippen molar-refractivity contribution >= 4 is 5.82 Å². The number of nitrogens with one attached hydrogen (secondary N) is 1. The molecule has 0 radical (unpaired) electrons. The minimum Gasteiger partial charge on any atom is -0.490 e. The van der Waals surface area contributed by atoms with Gasteiger partial charge in [0.05, 0.1) is 6.61 Å². The van der Waals surface area contributed by atoms with Crippen molar-refractivity contribution in [3.8, 4) is 17.2 Å². The molecule has 0 aliphatic heterocycles. The topological polar surface area (TPSA) is 43.4 Å². The lowest BCUT2D eigenvalue weighted by atomic mass is 10.3. The van der Waals surface area contributed by atoms with Gasteiger partial charge in [0, 0.05) is 18.8 Å². The molecular weight excluding hydrogens is 264 g/mol. The molecule has 0 saturated heterocycles. The van der Waals surface area contributed by atoms with Gasteiger partial charge in [-0.15, -0.1) is 0 Å². The first-order valence-corrected chi connectivity index (χ1v) is 7.43. The van der Waals surface area contributed by atoms with Crippen LogP contribution in [0.2, 0.25) is 0 Å². The lowest BCUT2D eigenvalue weighted by molar-refractivity contribution is 0.302. The van der Waals surface area contributed by atoms with Crippen LogP contribution in [0.15, 0.2) is 42.6 Å². The van der Waals surface area contributed by atoms with Gasteiger partial charge in [-0.05, 0) is 31.0 Å². The van der Waals surface area contributed by atoms with E-state index in [-0.39, 0.29) is 0 Å². The quantitative estimate of drug-likeness (QED) is 0.776. The number of hydrogen-bond donors (Lipinski definition) is 1. The van der Waals surface area contributed by atoms with E-state index in [1.807, 2.05) is 36.4 Å². The van der Waals surface area contributed by atoms with Crippen LogP contribution in [0.1, 0.15) is 26.7 Å². The van der Waals surface area contributed by atoms with Crippen molar-refractivity contribution in [1.82, 2.24) is 4.98 Å². The van der Waals surface area contributed by atoms with Gasteiger partial charge in [0.1, 0.15) is 11.6 Å². The first-order chi connectivity index (χ1) is 10.3. The third-order valence-electron chi connectivity index (χ3n) is 2.83. The second-order valence-electron chi connectivity index (χ2n) is 4.70. The number of benzene rings is 1. The van der Waals surface area contributed by atoms with Crippen LogP contribution in [0.4, 0.5) is 5.82 Å². The van der Waals surface area contributed by atoms with Crippen LogP contribution in [-0.4, -0.2) is 18.1 Å². The predicted molar refractivity (Wildman–Crippen MR) is 85.3 cm³/mol. The Bertz CT molecular complexity index is 558. The van der Waals surface area contributed by atoms with Gasteiger partial charge in [0.2, 0.25) is 0 Å². The molecule has 112 valence electrons. The molecule has 0 aliphatic rings. The summed E-state index contributed by atoms with van der Waals surface area (Å²) in [5, 5.41) is 3.25.